The second kappa shape index (κ2) is 7.52. The van der Waals surface area contributed by atoms with E-state index < -0.39 is 5.91 Å². The van der Waals surface area contributed by atoms with Crippen LogP contribution in [0.15, 0.2) is 59.1 Å². The van der Waals surface area contributed by atoms with E-state index >= 15 is 0 Å². The highest BCUT2D eigenvalue weighted by molar-refractivity contribution is 5.93. The highest BCUT2D eigenvalue weighted by Crippen LogP contribution is 2.29. The van der Waals surface area contributed by atoms with E-state index in [4.69, 9.17) is 15.0 Å². The Balaban J connectivity index is 1.67. The lowest BCUT2D eigenvalue weighted by molar-refractivity contribution is 0.0940. The van der Waals surface area contributed by atoms with Crippen molar-refractivity contribution in [2.24, 2.45) is 5.73 Å². The van der Waals surface area contributed by atoms with Crippen molar-refractivity contribution in [3.63, 3.8) is 0 Å². The van der Waals surface area contributed by atoms with Gasteiger partial charge in [-0.25, -0.2) is 0 Å². The van der Waals surface area contributed by atoms with E-state index in [-0.39, 0.29) is 18.1 Å². The minimum absolute atomic E-state index is 0.166. The quantitative estimate of drug-likeness (QED) is 0.709. The maximum atomic E-state index is 12.3. The van der Waals surface area contributed by atoms with Crippen LogP contribution in [0.3, 0.4) is 0 Å². The second-order valence-corrected chi connectivity index (χ2v) is 5.52. The van der Waals surface area contributed by atoms with Gasteiger partial charge < -0.3 is 20.3 Å². The van der Waals surface area contributed by atoms with Gasteiger partial charge in [-0.2, -0.15) is 0 Å². The van der Waals surface area contributed by atoms with Crippen LogP contribution in [-0.4, -0.2) is 24.1 Å². The molecule has 0 saturated carbocycles. The van der Waals surface area contributed by atoms with Crippen LogP contribution in [0.4, 0.5) is 0 Å². The topological polar surface area (TPSA) is 107 Å². The maximum Gasteiger partial charge on any atom is 0.273 e. The van der Waals surface area contributed by atoms with Crippen molar-refractivity contribution in [3.05, 3.63) is 71.4 Å². The number of aromatic nitrogens is 1. The number of amides is 2. The van der Waals surface area contributed by atoms with Crippen LogP contribution in [0.25, 0.3) is 11.3 Å². The summed E-state index contributed by atoms with van der Waals surface area (Å²) in [6, 6.07) is 15.5. The molecule has 132 valence electrons. The highest BCUT2D eigenvalue weighted by atomic mass is 16.5. The normalized spacial score (nSPS) is 10.3. The van der Waals surface area contributed by atoms with Crippen molar-refractivity contribution in [2.45, 2.75) is 6.54 Å². The number of benzene rings is 2. The monoisotopic (exact) mass is 351 g/mol. The van der Waals surface area contributed by atoms with Gasteiger partial charge in [-0.05, 0) is 29.8 Å². The molecule has 0 aliphatic heterocycles. The van der Waals surface area contributed by atoms with Gasteiger partial charge in [0, 0.05) is 18.2 Å². The van der Waals surface area contributed by atoms with Crippen molar-refractivity contribution in [1.82, 2.24) is 10.5 Å². The van der Waals surface area contributed by atoms with Crippen molar-refractivity contribution in [3.8, 4) is 17.1 Å². The molecule has 0 saturated heterocycles. The summed E-state index contributed by atoms with van der Waals surface area (Å²) < 4.78 is 10.5. The van der Waals surface area contributed by atoms with Crippen molar-refractivity contribution >= 4 is 11.8 Å². The molecule has 0 bridgehead atoms. The first-order chi connectivity index (χ1) is 12.6. The first-order valence-electron chi connectivity index (χ1n) is 7.85. The number of nitrogens with zero attached hydrogens (tertiary/aromatic N) is 1. The average Bonchev–Trinajstić information content (AvgIpc) is 3.16. The van der Waals surface area contributed by atoms with Crippen LogP contribution in [-0.2, 0) is 6.54 Å². The number of rotatable bonds is 6. The van der Waals surface area contributed by atoms with Crippen molar-refractivity contribution in [2.75, 3.05) is 7.11 Å². The van der Waals surface area contributed by atoms with Crippen molar-refractivity contribution in [1.29, 1.82) is 0 Å². The van der Waals surface area contributed by atoms with Crippen LogP contribution in [0.1, 0.15) is 26.4 Å². The fraction of sp³-hybridized carbons (Fsp3) is 0.105. The predicted molar refractivity (Wildman–Crippen MR) is 94.6 cm³/mol. The third-order valence-electron chi connectivity index (χ3n) is 3.81. The Hall–Kier alpha value is -3.61. The van der Waals surface area contributed by atoms with Gasteiger partial charge in [0.15, 0.2) is 11.5 Å². The smallest absolute Gasteiger partial charge is 0.273 e. The first-order valence-corrected chi connectivity index (χ1v) is 7.85. The second-order valence-electron chi connectivity index (χ2n) is 5.52. The number of para-hydroxylation sites is 1. The molecular weight excluding hydrogens is 334 g/mol. The molecule has 0 spiro atoms. The maximum absolute atomic E-state index is 12.3. The Morgan fingerprint density at radius 1 is 1.15 bits per heavy atom. The molecule has 0 atom stereocenters. The van der Waals surface area contributed by atoms with E-state index in [0.717, 1.165) is 5.56 Å². The zero-order valence-corrected chi connectivity index (χ0v) is 14.1. The molecule has 0 aliphatic carbocycles. The van der Waals surface area contributed by atoms with Crippen LogP contribution < -0.4 is 15.8 Å². The Morgan fingerprint density at radius 2 is 1.88 bits per heavy atom. The third kappa shape index (κ3) is 3.72. The van der Waals surface area contributed by atoms with Gasteiger partial charge in [-0.1, -0.05) is 29.4 Å². The van der Waals surface area contributed by atoms with Gasteiger partial charge in [0.2, 0.25) is 5.91 Å². The molecule has 3 rings (SSSR count). The summed E-state index contributed by atoms with van der Waals surface area (Å²) in [5.41, 5.74) is 7.32. The fourth-order valence-electron chi connectivity index (χ4n) is 2.42. The number of hydrogen-bond acceptors (Lipinski definition) is 5. The van der Waals surface area contributed by atoms with Gasteiger partial charge >= 0.3 is 0 Å². The van der Waals surface area contributed by atoms with Gasteiger partial charge in [-0.3, -0.25) is 9.59 Å². The molecule has 2 aromatic carbocycles. The highest BCUT2D eigenvalue weighted by Gasteiger charge is 2.16. The minimum Gasteiger partial charge on any atom is -0.496 e. The SMILES string of the molecule is COc1ccccc1-c1cc(C(=O)NCc2ccc(C(N)=O)cc2)no1. The van der Waals surface area contributed by atoms with E-state index in [0.29, 0.717) is 22.6 Å². The number of carbonyl (C=O) groups is 2. The van der Waals surface area contributed by atoms with Gasteiger partial charge in [-0.15, -0.1) is 0 Å². The molecule has 26 heavy (non-hydrogen) atoms. The third-order valence-corrected chi connectivity index (χ3v) is 3.81. The van der Waals surface area contributed by atoms with Crippen LogP contribution in [0.2, 0.25) is 0 Å². The molecule has 3 aromatic rings. The van der Waals surface area contributed by atoms with Crippen LogP contribution in [0.5, 0.6) is 5.75 Å². The molecule has 2 amide bonds. The Bertz CT molecular complexity index is 932. The molecular formula is C19H17N3O4. The molecule has 7 nitrogen and oxygen atoms in total. The lowest BCUT2D eigenvalue weighted by Crippen LogP contribution is -2.23. The van der Waals surface area contributed by atoms with Gasteiger partial charge in [0.1, 0.15) is 5.75 Å². The lowest BCUT2D eigenvalue weighted by atomic mass is 10.1. The number of hydrogen-bond donors (Lipinski definition) is 2. The number of nitrogens with one attached hydrogen (secondary N) is 1. The number of primary amides is 1. The largest absolute Gasteiger partial charge is 0.496 e. The Morgan fingerprint density at radius 3 is 2.58 bits per heavy atom. The fourth-order valence-corrected chi connectivity index (χ4v) is 2.42. The molecule has 7 heteroatoms. The van der Waals surface area contributed by atoms with Crippen molar-refractivity contribution < 1.29 is 18.8 Å². The van der Waals surface area contributed by atoms with E-state index in [1.807, 2.05) is 18.2 Å². The van der Waals surface area contributed by atoms with E-state index in [1.165, 1.54) is 0 Å². The molecule has 0 aliphatic rings. The molecule has 0 radical (unpaired) electrons. The Labute approximate surface area is 149 Å². The minimum atomic E-state index is -0.493. The van der Waals surface area contributed by atoms with E-state index in [1.54, 1.807) is 43.5 Å². The van der Waals surface area contributed by atoms with E-state index in [2.05, 4.69) is 10.5 Å². The predicted octanol–water partition coefficient (Wildman–Crippen LogP) is 2.38. The average molecular weight is 351 g/mol. The standard InChI is InChI=1S/C19H17N3O4/c1-25-16-5-3-2-4-14(16)17-10-15(22-26-17)19(24)21-11-12-6-8-13(9-7-12)18(20)23/h2-10H,11H2,1H3,(H2,20,23)(H,21,24). The number of carbonyl (C=O) groups excluding carboxylic acids is 2. The summed E-state index contributed by atoms with van der Waals surface area (Å²) in [7, 11) is 1.56. The van der Waals surface area contributed by atoms with Crippen LogP contribution in [0, 0.1) is 0 Å². The molecule has 3 N–H and O–H groups in total. The zero-order valence-electron chi connectivity index (χ0n) is 14.1. The molecule has 1 heterocycles. The summed E-state index contributed by atoms with van der Waals surface area (Å²) in [5, 5.41) is 6.56. The summed E-state index contributed by atoms with van der Waals surface area (Å²) in [5.74, 6) is 0.212. The first kappa shape index (κ1) is 17.2. The molecule has 0 fully saturated rings. The van der Waals surface area contributed by atoms with Crippen LogP contribution >= 0.6 is 0 Å². The van der Waals surface area contributed by atoms with E-state index in [9.17, 15) is 9.59 Å². The lowest BCUT2D eigenvalue weighted by Gasteiger charge is -2.04. The molecule has 0 unspecified atom stereocenters. The van der Waals surface area contributed by atoms with Gasteiger partial charge in [0.05, 0.1) is 12.7 Å². The summed E-state index contributed by atoms with van der Waals surface area (Å²) in [6.45, 7) is 0.286. The number of ether oxygens (including phenoxy) is 1. The number of nitrogens with two attached hydrogens (primary N) is 1. The van der Waals surface area contributed by atoms with Gasteiger partial charge in [0.25, 0.3) is 5.91 Å². The summed E-state index contributed by atoms with van der Waals surface area (Å²) in [4.78, 5) is 23.3. The Kier molecular flexibility index (Phi) is 4.98. The molecule has 1 aromatic heterocycles. The number of methoxy groups -OCH3 is 1. The summed E-state index contributed by atoms with van der Waals surface area (Å²) in [6.07, 6.45) is 0. The summed E-state index contributed by atoms with van der Waals surface area (Å²) >= 11 is 0. The zero-order chi connectivity index (χ0) is 18.5.